The topological polar surface area (TPSA) is 132 Å². The number of anilines is 2. The van der Waals surface area contributed by atoms with Gasteiger partial charge < -0.3 is 30.2 Å². The monoisotopic (exact) mass is 457 g/mol. The zero-order valence-electron chi connectivity index (χ0n) is 18.9. The van der Waals surface area contributed by atoms with Crippen LogP contribution >= 0.6 is 0 Å². The molecule has 176 valence electrons. The zero-order chi connectivity index (χ0) is 24.4. The van der Waals surface area contributed by atoms with Gasteiger partial charge in [-0.3, -0.25) is 9.59 Å². The Bertz CT molecular complexity index is 981. The minimum absolute atomic E-state index is 0.199. The van der Waals surface area contributed by atoms with E-state index in [-0.39, 0.29) is 24.8 Å². The molecule has 0 unspecified atom stereocenters. The average molecular weight is 457 g/mol. The van der Waals surface area contributed by atoms with Crippen LogP contribution in [0.25, 0.3) is 0 Å². The highest BCUT2D eigenvalue weighted by Crippen LogP contribution is 2.17. The van der Waals surface area contributed by atoms with Gasteiger partial charge in [0.15, 0.2) is 0 Å². The lowest BCUT2D eigenvalue weighted by atomic mass is 10.2. The molecule has 3 N–H and O–H groups in total. The molecule has 0 spiro atoms. The number of carbonyl (C=O) groups is 4. The quantitative estimate of drug-likeness (QED) is 0.424. The molecule has 33 heavy (non-hydrogen) atoms. The summed E-state index contributed by atoms with van der Waals surface area (Å²) < 4.78 is 14.7. The third-order valence-electron chi connectivity index (χ3n) is 3.80. The van der Waals surface area contributed by atoms with Crippen molar-refractivity contribution in [2.24, 2.45) is 0 Å². The average Bonchev–Trinajstić information content (AvgIpc) is 2.73. The van der Waals surface area contributed by atoms with Crippen molar-refractivity contribution in [2.45, 2.75) is 33.3 Å². The van der Waals surface area contributed by atoms with E-state index in [1.54, 1.807) is 52.0 Å². The molecule has 0 aliphatic heterocycles. The third-order valence-corrected chi connectivity index (χ3v) is 3.80. The maximum absolute atomic E-state index is 12.4. The summed E-state index contributed by atoms with van der Waals surface area (Å²) in [7, 11) is 0. The molecule has 10 heteroatoms. The lowest BCUT2D eigenvalue weighted by Crippen LogP contribution is -2.37. The van der Waals surface area contributed by atoms with Crippen LogP contribution in [0.3, 0.4) is 0 Å². The second kappa shape index (κ2) is 11.5. The highest BCUT2D eigenvalue weighted by molar-refractivity contribution is 6.04. The van der Waals surface area contributed by atoms with Crippen LogP contribution < -0.4 is 20.7 Å². The van der Waals surface area contributed by atoms with Gasteiger partial charge >= 0.3 is 12.2 Å². The van der Waals surface area contributed by atoms with Gasteiger partial charge in [-0.15, -0.1) is 0 Å². The normalized spacial score (nSPS) is 10.5. The summed E-state index contributed by atoms with van der Waals surface area (Å²) in [6.45, 7) is 6.79. The molecule has 0 aliphatic rings. The molecule has 2 rings (SSSR count). The molecule has 0 aromatic heterocycles. The molecule has 2 aromatic carbocycles. The van der Waals surface area contributed by atoms with Crippen LogP contribution in [-0.2, 0) is 14.3 Å². The van der Waals surface area contributed by atoms with Crippen LogP contribution in [0, 0.1) is 0 Å². The highest BCUT2D eigenvalue weighted by Gasteiger charge is 2.16. The number of rotatable bonds is 7. The Balaban J connectivity index is 1.83. The van der Waals surface area contributed by atoms with Crippen LogP contribution in [0.5, 0.6) is 5.75 Å². The molecule has 0 saturated heterocycles. The second-order valence-corrected chi connectivity index (χ2v) is 7.74. The summed E-state index contributed by atoms with van der Waals surface area (Å²) >= 11 is 0. The lowest BCUT2D eigenvalue weighted by Gasteiger charge is -2.19. The van der Waals surface area contributed by atoms with Crippen LogP contribution in [0.1, 0.15) is 38.1 Å². The maximum atomic E-state index is 12.4. The maximum Gasteiger partial charge on any atom is 0.513 e. The molecule has 0 aliphatic carbocycles. The van der Waals surface area contributed by atoms with E-state index in [9.17, 15) is 19.2 Å². The summed E-state index contributed by atoms with van der Waals surface area (Å²) in [6.07, 6.45) is -1.50. The molecular weight excluding hydrogens is 430 g/mol. The van der Waals surface area contributed by atoms with Gasteiger partial charge in [0.2, 0.25) is 5.91 Å². The fourth-order valence-electron chi connectivity index (χ4n) is 2.43. The van der Waals surface area contributed by atoms with E-state index >= 15 is 0 Å². The van der Waals surface area contributed by atoms with E-state index in [0.29, 0.717) is 16.9 Å². The number of amides is 3. The van der Waals surface area contributed by atoms with Crippen molar-refractivity contribution in [3.8, 4) is 5.75 Å². The Morgan fingerprint density at radius 1 is 0.848 bits per heavy atom. The Morgan fingerprint density at radius 3 is 1.97 bits per heavy atom. The minimum Gasteiger partial charge on any atom is -0.444 e. The molecule has 0 heterocycles. The van der Waals surface area contributed by atoms with Crippen molar-refractivity contribution < 1.29 is 33.4 Å². The first-order valence-corrected chi connectivity index (χ1v) is 10.2. The summed E-state index contributed by atoms with van der Waals surface area (Å²) in [6, 6.07) is 12.4. The van der Waals surface area contributed by atoms with Crippen molar-refractivity contribution in [1.29, 1.82) is 0 Å². The third kappa shape index (κ3) is 9.30. The number of alkyl carbamates (subject to hydrolysis) is 1. The van der Waals surface area contributed by atoms with E-state index in [4.69, 9.17) is 9.47 Å². The van der Waals surface area contributed by atoms with Crippen molar-refractivity contribution in [3.63, 3.8) is 0 Å². The first-order chi connectivity index (χ1) is 15.6. The summed E-state index contributed by atoms with van der Waals surface area (Å²) in [5.41, 5.74) is 0.706. The Labute approximate surface area is 191 Å². The van der Waals surface area contributed by atoms with Crippen molar-refractivity contribution in [2.75, 3.05) is 23.8 Å². The SMILES string of the molecule is CCOC(=O)Oc1ccc(C(=O)Nc2ccc(NC(=O)CNC(=O)OC(C)(C)C)cc2)cc1. The Morgan fingerprint density at radius 2 is 1.42 bits per heavy atom. The number of hydrogen-bond donors (Lipinski definition) is 3. The summed E-state index contributed by atoms with van der Waals surface area (Å²) in [5, 5.41) is 7.72. The number of hydrogen-bond acceptors (Lipinski definition) is 7. The van der Waals surface area contributed by atoms with E-state index in [0.717, 1.165) is 0 Å². The molecular formula is C23H27N3O7. The van der Waals surface area contributed by atoms with Gasteiger partial charge in [-0.25, -0.2) is 9.59 Å². The van der Waals surface area contributed by atoms with Gasteiger partial charge in [-0.2, -0.15) is 0 Å². The summed E-state index contributed by atoms with van der Waals surface area (Å²) in [5.74, 6) is -0.537. The molecule has 2 aromatic rings. The van der Waals surface area contributed by atoms with Crippen LogP contribution in [-0.4, -0.2) is 42.8 Å². The van der Waals surface area contributed by atoms with Gasteiger partial charge in [0.25, 0.3) is 5.91 Å². The second-order valence-electron chi connectivity index (χ2n) is 7.74. The van der Waals surface area contributed by atoms with Crippen molar-refractivity contribution >= 4 is 35.4 Å². The van der Waals surface area contributed by atoms with Crippen LogP contribution in [0.2, 0.25) is 0 Å². The molecule has 0 radical (unpaired) electrons. The van der Waals surface area contributed by atoms with Crippen LogP contribution in [0.15, 0.2) is 48.5 Å². The zero-order valence-corrected chi connectivity index (χ0v) is 18.9. The first kappa shape index (κ1) is 25.2. The predicted molar refractivity (Wildman–Crippen MR) is 121 cm³/mol. The number of ether oxygens (including phenoxy) is 3. The van der Waals surface area contributed by atoms with E-state index < -0.39 is 23.8 Å². The highest BCUT2D eigenvalue weighted by atomic mass is 16.7. The molecule has 0 atom stereocenters. The largest absolute Gasteiger partial charge is 0.513 e. The van der Waals surface area contributed by atoms with E-state index in [2.05, 4.69) is 20.7 Å². The van der Waals surface area contributed by atoms with E-state index in [1.165, 1.54) is 24.3 Å². The van der Waals surface area contributed by atoms with Gasteiger partial charge in [0.05, 0.1) is 6.61 Å². The predicted octanol–water partition coefficient (Wildman–Crippen LogP) is 3.94. The molecule has 0 bridgehead atoms. The van der Waals surface area contributed by atoms with E-state index in [1.807, 2.05) is 0 Å². The van der Waals surface area contributed by atoms with Gasteiger partial charge in [0.1, 0.15) is 17.9 Å². The van der Waals surface area contributed by atoms with Gasteiger partial charge in [-0.1, -0.05) is 0 Å². The Hall–Kier alpha value is -4.08. The van der Waals surface area contributed by atoms with Gasteiger partial charge in [0, 0.05) is 16.9 Å². The van der Waals surface area contributed by atoms with Crippen molar-refractivity contribution in [1.82, 2.24) is 5.32 Å². The number of carbonyl (C=O) groups excluding carboxylic acids is 4. The Kier molecular flexibility index (Phi) is 8.79. The van der Waals surface area contributed by atoms with Crippen LogP contribution in [0.4, 0.5) is 21.0 Å². The standard InChI is InChI=1S/C23H27N3O7/c1-5-31-22(30)32-18-12-6-15(7-13-18)20(28)26-17-10-8-16(9-11-17)25-19(27)14-24-21(29)33-23(2,3)4/h6-13H,5,14H2,1-4H3,(H,24,29)(H,25,27)(H,26,28). The molecule has 3 amide bonds. The first-order valence-electron chi connectivity index (χ1n) is 10.2. The van der Waals surface area contributed by atoms with Gasteiger partial charge in [-0.05, 0) is 76.2 Å². The number of benzene rings is 2. The lowest BCUT2D eigenvalue weighted by molar-refractivity contribution is -0.115. The fourth-order valence-corrected chi connectivity index (χ4v) is 2.43. The molecule has 0 fully saturated rings. The smallest absolute Gasteiger partial charge is 0.444 e. The van der Waals surface area contributed by atoms with Crippen molar-refractivity contribution in [3.05, 3.63) is 54.1 Å². The molecule has 0 saturated carbocycles. The number of nitrogens with one attached hydrogen (secondary N) is 3. The molecule has 10 nitrogen and oxygen atoms in total. The minimum atomic E-state index is -0.817. The fraction of sp³-hybridized carbons (Fsp3) is 0.304. The summed E-state index contributed by atoms with van der Waals surface area (Å²) in [4.78, 5) is 47.3.